The highest BCUT2D eigenvalue weighted by Gasteiger charge is 2.51. The van der Waals surface area contributed by atoms with Crippen molar-refractivity contribution in [2.45, 2.75) is 57.3 Å². The van der Waals surface area contributed by atoms with Gasteiger partial charge in [-0.3, -0.25) is 4.79 Å². The molecule has 1 aromatic carbocycles. The van der Waals surface area contributed by atoms with Crippen molar-refractivity contribution in [1.29, 1.82) is 0 Å². The topological polar surface area (TPSA) is 29.5 Å². The predicted octanol–water partition coefficient (Wildman–Crippen LogP) is 4.15. The molecule has 0 spiro atoms. The molecule has 30 heavy (non-hydrogen) atoms. The summed E-state index contributed by atoms with van der Waals surface area (Å²) in [6.45, 7) is 6.46. The molecule has 0 radical (unpaired) electrons. The van der Waals surface area contributed by atoms with Crippen LogP contribution in [0.3, 0.4) is 0 Å². The van der Waals surface area contributed by atoms with Gasteiger partial charge in [-0.05, 0) is 85.8 Å². The second kappa shape index (κ2) is 7.55. The Morgan fingerprint density at radius 1 is 1.07 bits per heavy atom. The van der Waals surface area contributed by atoms with Gasteiger partial charge in [-0.1, -0.05) is 12.1 Å². The fourth-order valence-electron chi connectivity index (χ4n) is 7.27. The van der Waals surface area contributed by atoms with Crippen LogP contribution in [-0.2, 0) is 10.2 Å². The van der Waals surface area contributed by atoms with Gasteiger partial charge in [-0.2, -0.15) is 0 Å². The fraction of sp³-hybridized carbons (Fsp3) is 0.731. The number of amides is 1. The predicted molar refractivity (Wildman–Crippen MR) is 120 cm³/mol. The lowest BCUT2D eigenvalue weighted by Gasteiger charge is -2.57. The number of likely N-dealkylation sites (N-methyl/N-ethyl adjacent to an activating group) is 1. The zero-order chi connectivity index (χ0) is 20.9. The molecule has 164 valence electrons. The summed E-state index contributed by atoms with van der Waals surface area (Å²) in [5.74, 6) is 4.10. The van der Waals surface area contributed by atoms with E-state index in [4.69, 9.17) is 4.74 Å². The van der Waals surface area contributed by atoms with Gasteiger partial charge in [0.2, 0.25) is 5.91 Å². The van der Waals surface area contributed by atoms with Crippen LogP contribution in [0.1, 0.15) is 56.1 Å². The molecule has 0 unspecified atom stereocenters. The van der Waals surface area contributed by atoms with Gasteiger partial charge in [0.15, 0.2) is 0 Å². The van der Waals surface area contributed by atoms with Crippen LogP contribution in [0.15, 0.2) is 18.2 Å². The Labute approximate surface area is 182 Å². The smallest absolute Gasteiger partial charge is 0.226 e. The van der Waals surface area contributed by atoms with Crippen molar-refractivity contribution in [1.82, 2.24) is 4.90 Å². The van der Waals surface area contributed by atoms with Crippen LogP contribution in [-0.4, -0.2) is 62.2 Å². The summed E-state index contributed by atoms with van der Waals surface area (Å²) in [6, 6.07) is 6.91. The monoisotopic (exact) mass is 411 g/mol. The quantitative estimate of drug-likeness (QED) is 0.681. The standard InChI is InChI=1S/C26H39N2O2/c1-19-12-23(26-16-20-13-21(17-26)15-22(14-20)18-26)4-5-24(19)30-11-6-25(29)27-7-9-28(2,3)10-8-27/h4-5,12,20-22H,6-11,13-18H2,1-3H3/q+1. The van der Waals surface area contributed by atoms with Gasteiger partial charge in [-0.25, -0.2) is 0 Å². The first kappa shape index (κ1) is 20.4. The van der Waals surface area contributed by atoms with Crippen molar-refractivity contribution in [3.05, 3.63) is 29.3 Å². The largest absolute Gasteiger partial charge is 0.493 e. The molecule has 1 aliphatic heterocycles. The third kappa shape index (κ3) is 3.88. The number of benzene rings is 1. The molecule has 0 aromatic heterocycles. The van der Waals surface area contributed by atoms with Gasteiger partial charge in [0.25, 0.3) is 0 Å². The van der Waals surface area contributed by atoms with Crippen molar-refractivity contribution in [2.24, 2.45) is 17.8 Å². The molecule has 4 heteroatoms. The number of aryl methyl sites for hydroxylation is 1. The Hall–Kier alpha value is -1.55. The van der Waals surface area contributed by atoms with E-state index in [1.165, 1.54) is 44.1 Å². The van der Waals surface area contributed by atoms with Crippen molar-refractivity contribution in [3.63, 3.8) is 0 Å². The molecule has 1 heterocycles. The first-order valence-electron chi connectivity index (χ1n) is 12.2. The van der Waals surface area contributed by atoms with Crippen LogP contribution in [0.4, 0.5) is 0 Å². The maximum atomic E-state index is 12.5. The van der Waals surface area contributed by atoms with Gasteiger partial charge < -0.3 is 14.1 Å². The summed E-state index contributed by atoms with van der Waals surface area (Å²) in [5, 5.41) is 0. The van der Waals surface area contributed by atoms with Crippen molar-refractivity contribution < 1.29 is 14.0 Å². The number of hydrogen-bond acceptors (Lipinski definition) is 2. The molecule has 5 fully saturated rings. The van der Waals surface area contributed by atoms with E-state index in [9.17, 15) is 4.79 Å². The highest BCUT2D eigenvalue weighted by molar-refractivity contribution is 5.76. The Bertz CT molecular complexity index is 770. The van der Waals surface area contributed by atoms with Crippen molar-refractivity contribution in [2.75, 3.05) is 46.9 Å². The lowest BCUT2D eigenvalue weighted by atomic mass is 9.48. The molecule has 0 atom stereocenters. The normalized spacial score (nSPS) is 34.2. The maximum absolute atomic E-state index is 12.5. The lowest BCUT2D eigenvalue weighted by molar-refractivity contribution is -0.894. The van der Waals surface area contributed by atoms with Crippen LogP contribution < -0.4 is 4.74 Å². The van der Waals surface area contributed by atoms with Crippen LogP contribution in [0.25, 0.3) is 0 Å². The number of carbonyl (C=O) groups is 1. The van der Waals surface area contributed by atoms with Crippen molar-refractivity contribution in [3.8, 4) is 5.75 Å². The average Bonchev–Trinajstić information content (AvgIpc) is 2.68. The van der Waals surface area contributed by atoms with Crippen LogP contribution in [0.5, 0.6) is 5.75 Å². The molecule has 4 nitrogen and oxygen atoms in total. The highest BCUT2D eigenvalue weighted by Crippen LogP contribution is 2.60. The first-order chi connectivity index (χ1) is 14.3. The average molecular weight is 412 g/mol. The van der Waals surface area contributed by atoms with Crippen LogP contribution in [0.2, 0.25) is 0 Å². The summed E-state index contributed by atoms with van der Waals surface area (Å²) in [6.07, 6.45) is 9.14. The third-order valence-electron chi connectivity index (χ3n) is 8.70. The minimum Gasteiger partial charge on any atom is -0.493 e. The van der Waals surface area contributed by atoms with E-state index in [-0.39, 0.29) is 5.91 Å². The zero-order valence-electron chi connectivity index (χ0n) is 19.2. The zero-order valence-corrected chi connectivity index (χ0v) is 19.2. The van der Waals surface area contributed by atoms with Gasteiger partial charge in [0, 0.05) is 0 Å². The van der Waals surface area contributed by atoms with E-state index in [0.29, 0.717) is 18.4 Å². The number of hydrogen-bond donors (Lipinski definition) is 0. The molecular formula is C26H39N2O2+. The van der Waals surface area contributed by atoms with E-state index in [2.05, 4.69) is 39.2 Å². The second-order valence-corrected chi connectivity index (χ2v) is 11.5. The van der Waals surface area contributed by atoms with E-state index < -0.39 is 0 Å². The molecule has 4 saturated carbocycles. The molecule has 4 aliphatic carbocycles. The van der Waals surface area contributed by atoms with Crippen LogP contribution in [0, 0.1) is 24.7 Å². The molecule has 6 rings (SSSR count). The SMILES string of the molecule is Cc1cc(C23CC4CC(CC(C4)C2)C3)ccc1OCCC(=O)N1CC[N+](C)(C)CC1. The van der Waals surface area contributed by atoms with Crippen molar-refractivity contribution >= 4 is 5.91 Å². The molecule has 1 aromatic rings. The third-order valence-corrected chi connectivity index (χ3v) is 8.70. The number of quaternary nitrogens is 1. The number of piperazine rings is 1. The van der Waals surface area contributed by atoms with E-state index in [0.717, 1.165) is 54.2 Å². The second-order valence-electron chi connectivity index (χ2n) is 11.5. The summed E-state index contributed by atoms with van der Waals surface area (Å²) in [5.41, 5.74) is 3.22. The minimum atomic E-state index is 0.234. The van der Waals surface area contributed by atoms with Gasteiger partial charge in [0.05, 0.1) is 53.3 Å². The van der Waals surface area contributed by atoms with Gasteiger partial charge >= 0.3 is 0 Å². The molecule has 5 aliphatic rings. The van der Waals surface area contributed by atoms with E-state index in [1.807, 2.05) is 4.90 Å². The number of ether oxygens (including phenoxy) is 1. The van der Waals surface area contributed by atoms with Gasteiger partial charge in [0.1, 0.15) is 5.75 Å². The maximum Gasteiger partial charge on any atom is 0.226 e. The Morgan fingerprint density at radius 2 is 1.67 bits per heavy atom. The minimum absolute atomic E-state index is 0.234. The Morgan fingerprint density at radius 3 is 2.23 bits per heavy atom. The van der Waals surface area contributed by atoms with Gasteiger partial charge in [-0.15, -0.1) is 0 Å². The molecular weight excluding hydrogens is 372 g/mol. The lowest BCUT2D eigenvalue weighted by Crippen LogP contribution is -2.56. The number of carbonyl (C=O) groups excluding carboxylic acids is 1. The van der Waals surface area contributed by atoms with Crippen LogP contribution >= 0.6 is 0 Å². The molecule has 1 amide bonds. The highest BCUT2D eigenvalue weighted by atomic mass is 16.5. The van der Waals surface area contributed by atoms with E-state index in [1.54, 1.807) is 5.56 Å². The molecule has 1 saturated heterocycles. The number of nitrogens with zero attached hydrogens (tertiary/aromatic N) is 2. The molecule has 0 N–H and O–H groups in total. The first-order valence-corrected chi connectivity index (χ1v) is 12.2. The fourth-order valence-corrected chi connectivity index (χ4v) is 7.27. The summed E-state index contributed by atoms with van der Waals surface area (Å²) in [4.78, 5) is 14.5. The Balaban J connectivity index is 1.18. The number of rotatable bonds is 5. The summed E-state index contributed by atoms with van der Waals surface area (Å²) in [7, 11) is 4.47. The molecule has 4 bridgehead atoms. The summed E-state index contributed by atoms with van der Waals surface area (Å²) >= 11 is 0. The Kier molecular flexibility index (Phi) is 5.12. The van der Waals surface area contributed by atoms with E-state index >= 15 is 0 Å². The summed E-state index contributed by atoms with van der Waals surface area (Å²) < 4.78 is 7.07.